The second-order valence-corrected chi connectivity index (χ2v) is 7.11. The number of fused-ring (bicyclic) bond motifs is 1. The van der Waals surface area contributed by atoms with Crippen molar-refractivity contribution in [2.75, 3.05) is 5.32 Å². The number of para-hydroxylation sites is 1. The first kappa shape index (κ1) is 21.1. The zero-order chi connectivity index (χ0) is 23.0. The highest BCUT2D eigenvalue weighted by Gasteiger charge is 2.20. The molecule has 0 bridgehead atoms. The van der Waals surface area contributed by atoms with Gasteiger partial charge < -0.3 is 10.4 Å². The Kier molecular flexibility index (Phi) is 5.40. The molecule has 0 radical (unpaired) electrons. The predicted molar refractivity (Wildman–Crippen MR) is 115 cm³/mol. The number of allylic oxidation sites excluding steroid dienone is 1. The number of benzene rings is 2. The summed E-state index contributed by atoms with van der Waals surface area (Å²) in [5, 5.41) is 12.3. The van der Waals surface area contributed by atoms with Gasteiger partial charge in [0.25, 0.3) is 5.56 Å². The summed E-state index contributed by atoms with van der Waals surface area (Å²) < 4.78 is 43.7. The number of rotatable bonds is 4. The molecule has 32 heavy (non-hydrogen) atoms. The lowest BCUT2D eigenvalue weighted by Crippen LogP contribution is -2.21. The average molecular weight is 438 g/mol. The molecule has 0 atom stereocenters. The van der Waals surface area contributed by atoms with Gasteiger partial charge in [0.15, 0.2) is 5.65 Å². The lowest BCUT2D eigenvalue weighted by atomic mass is 10.0. The van der Waals surface area contributed by atoms with E-state index >= 15 is 0 Å². The minimum absolute atomic E-state index is 0.0323. The number of aryl methyl sites for hydroxylation is 1. The van der Waals surface area contributed by atoms with Gasteiger partial charge in [0.2, 0.25) is 5.95 Å². The highest BCUT2D eigenvalue weighted by atomic mass is 19.1. The molecule has 162 valence electrons. The molecule has 9 heteroatoms. The van der Waals surface area contributed by atoms with Gasteiger partial charge in [-0.1, -0.05) is 6.07 Å². The summed E-state index contributed by atoms with van der Waals surface area (Å²) in [5.41, 5.74) is 0.334. The van der Waals surface area contributed by atoms with Crippen LogP contribution in [0.4, 0.5) is 19.1 Å². The van der Waals surface area contributed by atoms with E-state index < -0.39 is 28.7 Å². The van der Waals surface area contributed by atoms with Crippen molar-refractivity contribution in [3.8, 4) is 16.9 Å². The molecule has 2 heterocycles. The van der Waals surface area contributed by atoms with Crippen LogP contribution in [-0.2, 0) is 0 Å². The van der Waals surface area contributed by atoms with Crippen LogP contribution in [0, 0.1) is 24.4 Å². The molecular weight excluding hydrogens is 421 g/mol. The molecule has 6 nitrogen and oxygen atoms in total. The number of halogens is 3. The van der Waals surface area contributed by atoms with Crippen molar-refractivity contribution >= 4 is 17.0 Å². The van der Waals surface area contributed by atoms with E-state index in [-0.39, 0.29) is 17.3 Å². The summed E-state index contributed by atoms with van der Waals surface area (Å²) in [6.45, 7) is 3.23. The van der Waals surface area contributed by atoms with Gasteiger partial charge in [-0.05, 0) is 55.8 Å². The number of anilines is 1. The van der Waals surface area contributed by atoms with Crippen LogP contribution in [0.5, 0.6) is 0 Å². The normalized spacial score (nSPS) is 11.7. The Labute approximate surface area is 180 Å². The van der Waals surface area contributed by atoms with E-state index in [0.717, 1.165) is 29.0 Å². The standard InChI is InChI=1S/C23H17F3N4O2/c1-12-10-14(24)6-7-15(12)20-16-8-9-19(32)30(21-17(25)4-3-5-18(21)26)22(16)29-23(28-20)27-13(2)11-31/h3-11,31H,1-2H3,(H,27,28,29)/b13-11+. The quantitative estimate of drug-likeness (QED) is 0.438. The third-order valence-electron chi connectivity index (χ3n) is 4.86. The molecule has 4 rings (SSSR count). The summed E-state index contributed by atoms with van der Waals surface area (Å²) >= 11 is 0. The van der Waals surface area contributed by atoms with Gasteiger partial charge in [-0.15, -0.1) is 0 Å². The van der Waals surface area contributed by atoms with Crippen LogP contribution in [0.2, 0.25) is 0 Å². The van der Waals surface area contributed by atoms with E-state index in [1.807, 2.05) is 0 Å². The first-order valence-corrected chi connectivity index (χ1v) is 9.53. The second-order valence-electron chi connectivity index (χ2n) is 7.11. The van der Waals surface area contributed by atoms with E-state index in [9.17, 15) is 23.1 Å². The third kappa shape index (κ3) is 3.68. The zero-order valence-electron chi connectivity index (χ0n) is 17.0. The number of pyridine rings is 1. The number of aromatic nitrogens is 3. The van der Waals surface area contributed by atoms with Crippen LogP contribution >= 0.6 is 0 Å². The van der Waals surface area contributed by atoms with Gasteiger partial charge in [0.1, 0.15) is 23.1 Å². The van der Waals surface area contributed by atoms with Crippen molar-refractivity contribution in [3.63, 3.8) is 0 Å². The molecule has 0 saturated carbocycles. The fourth-order valence-corrected chi connectivity index (χ4v) is 3.40. The maximum atomic E-state index is 14.6. The summed E-state index contributed by atoms with van der Waals surface area (Å²) in [4.78, 5) is 21.5. The Hall–Kier alpha value is -4.14. The number of nitrogens with one attached hydrogen (secondary N) is 1. The molecule has 0 saturated heterocycles. The van der Waals surface area contributed by atoms with Crippen molar-refractivity contribution in [2.45, 2.75) is 13.8 Å². The molecule has 2 N–H and O–H groups in total. The maximum Gasteiger partial charge on any atom is 0.256 e. The summed E-state index contributed by atoms with van der Waals surface area (Å²) in [7, 11) is 0. The highest BCUT2D eigenvalue weighted by molar-refractivity contribution is 5.93. The van der Waals surface area contributed by atoms with Crippen molar-refractivity contribution in [2.24, 2.45) is 0 Å². The number of nitrogens with zero attached hydrogens (tertiary/aromatic N) is 3. The Morgan fingerprint density at radius 2 is 1.78 bits per heavy atom. The number of hydrogen-bond acceptors (Lipinski definition) is 5. The summed E-state index contributed by atoms with van der Waals surface area (Å²) in [5.74, 6) is -2.36. The fourth-order valence-electron chi connectivity index (χ4n) is 3.40. The topological polar surface area (TPSA) is 80.0 Å². The van der Waals surface area contributed by atoms with Crippen LogP contribution in [0.15, 0.2) is 65.3 Å². The van der Waals surface area contributed by atoms with Crippen LogP contribution in [-0.4, -0.2) is 19.6 Å². The summed E-state index contributed by atoms with van der Waals surface area (Å²) in [6.07, 6.45) is 0.797. The molecule has 0 unspecified atom stereocenters. The Morgan fingerprint density at radius 1 is 1.06 bits per heavy atom. The average Bonchev–Trinajstić information content (AvgIpc) is 2.74. The SMILES string of the molecule is C/C(=C\O)Nc1nc(-c2ccc(F)cc2C)c2ccc(=O)n(-c3c(F)cccc3F)c2n1. The van der Waals surface area contributed by atoms with Crippen molar-refractivity contribution in [1.82, 2.24) is 14.5 Å². The van der Waals surface area contributed by atoms with Gasteiger partial charge in [-0.2, -0.15) is 4.98 Å². The maximum absolute atomic E-state index is 14.6. The summed E-state index contributed by atoms with van der Waals surface area (Å²) in [6, 6.07) is 9.96. The van der Waals surface area contributed by atoms with E-state index in [1.165, 1.54) is 30.3 Å². The molecular formula is C23H17F3N4O2. The largest absolute Gasteiger partial charge is 0.514 e. The predicted octanol–water partition coefficient (Wildman–Crippen LogP) is 5.00. The lowest BCUT2D eigenvalue weighted by Gasteiger charge is -2.16. The van der Waals surface area contributed by atoms with Gasteiger partial charge in [0, 0.05) is 22.7 Å². The van der Waals surface area contributed by atoms with Crippen molar-refractivity contribution in [1.29, 1.82) is 0 Å². The molecule has 0 fully saturated rings. The van der Waals surface area contributed by atoms with Crippen LogP contribution in [0.25, 0.3) is 28.0 Å². The highest BCUT2D eigenvalue weighted by Crippen LogP contribution is 2.31. The first-order valence-electron chi connectivity index (χ1n) is 9.53. The first-order chi connectivity index (χ1) is 15.3. The van der Waals surface area contributed by atoms with Gasteiger partial charge in [0.05, 0.1) is 12.0 Å². The molecule has 0 aliphatic rings. The molecule has 0 aliphatic carbocycles. The Bertz CT molecular complexity index is 1430. The molecule has 0 amide bonds. The molecule has 0 spiro atoms. The number of hydrogen-bond donors (Lipinski definition) is 2. The third-order valence-corrected chi connectivity index (χ3v) is 4.86. The van der Waals surface area contributed by atoms with Gasteiger partial charge >= 0.3 is 0 Å². The van der Waals surface area contributed by atoms with E-state index in [4.69, 9.17) is 0 Å². The van der Waals surface area contributed by atoms with E-state index in [2.05, 4.69) is 15.3 Å². The van der Waals surface area contributed by atoms with E-state index in [1.54, 1.807) is 13.8 Å². The molecule has 2 aromatic carbocycles. The number of aliphatic hydroxyl groups excluding tert-OH is 1. The van der Waals surface area contributed by atoms with Crippen LogP contribution in [0.1, 0.15) is 12.5 Å². The Morgan fingerprint density at radius 3 is 2.44 bits per heavy atom. The van der Waals surface area contributed by atoms with Crippen LogP contribution < -0.4 is 10.9 Å². The molecule has 2 aromatic heterocycles. The monoisotopic (exact) mass is 438 g/mol. The van der Waals surface area contributed by atoms with Gasteiger partial charge in [-0.3, -0.25) is 9.36 Å². The smallest absolute Gasteiger partial charge is 0.256 e. The molecule has 0 aliphatic heterocycles. The number of aliphatic hydroxyl groups is 1. The lowest BCUT2D eigenvalue weighted by molar-refractivity contribution is 0.468. The van der Waals surface area contributed by atoms with Crippen molar-refractivity contribution in [3.05, 3.63) is 93.9 Å². The molecule has 4 aromatic rings. The van der Waals surface area contributed by atoms with Gasteiger partial charge in [-0.25, -0.2) is 18.2 Å². The Balaban J connectivity index is 2.14. The minimum atomic E-state index is -0.946. The minimum Gasteiger partial charge on any atom is -0.514 e. The van der Waals surface area contributed by atoms with Crippen molar-refractivity contribution < 1.29 is 18.3 Å². The zero-order valence-corrected chi connectivity index (χ0v) is 17.0. The van der Waals surface area contributed by atoms with E-state index in [0.29, 0.717) is 22.2 Å². The van der Waals surface area contributed by atoms with Crippen LogP contribution in [0.3, 0.4) is 0 Å². The second kappa shape index (κ2) is 8.18. The fraction of sp³-hybridized carbons (Fsp3) is 0.0870.